The number of nitrogens with zero attached hydrogens (tertiary/aromatic N) is 1. The first kappa shape index (κ1) is 22.7. The van der Waals surface area contributed by atoms with Crippen LogP contribution in [0.4, 0.5) is 11.4 Å². The maximum absolute atomic E-state index is 12.1. The Morgan fingerprint density at radius 2 is 1.47 bits per heavy atom. The number of hydrogen-bond donors (Lipinski definition) is 2. The fraction of sp³-hybridized carbons (Fsp3) is 0.367. The standard InChI is InChI=1S/C30H35N3O/c34-30(25-14-15-25)32-27-12-7-13-28(22-27)33-20-17-26(18-21-33)31-19-16-29(23-8-3-1-4-9-23)24-10-5-2-6-11-24/h1-13,22,25-26,29,31H,14-21H2,(H,32,34). The number of carbonyl (C=O) groups excluding carboxylic acids is 1. The molecule has 2 aliphatic rings. The minimum atomic E-state index is 0.171. The maximum atomic E-state index is 12.1. The van der Waals surface area contributed by atoms with E-state index in [-0.39, 0.29) is 11.8 Å². The van der Waals surface area contributed by atoms with E-state index in [4.69, 9.17) is 0 Å². The number of amides is 1. The first-order chi connectivity index (χ1) is 16.8. The lowest BCUT2D eigenvalue weighted by molar-refractivity contribution is -0.117. The van der Waals surface area contributed by atoms with Gasteiger partial charge in [0.2, 0.25) is 5.91 Å². The molecule has 0 aromatic heterocycles. The minimum absolute atomic E-state index is 0.171. The average Bonchev–Trinajstić information content (AvgIpc) is 3.74. The number of piperidine rings is 1. The Kier molecular flexibility index (Phi) is 7.25. The number of benzene rings is 3. The van der Waals surface area contributed by atoms with Crippen LogP contribution in [-0.4, -0.2) is 31.6 Å². The lowest BCUT2D eigenvalue weighted by Crippen LogP contribution is -2.43. The predicted octanol–water partition coefficient (Wildman–Crippen LogP) is 5.82. The average molecular weight is 454 g/mol. The molecular formula is C30H35N3O. The molecule has 2 N–H and O–H groups in total. The lowest BCUT2D eigenvalue weighted by Gasteiger charge is -2.34. The summed E-state index contributed by atoms with van der Waals surface area (Å²) in [6.45, 7) is 3.10. The zero-order chi connectivity index (χ0) is 23.2. The van der Waals surface area contributed by atoms with Crippen LogP contribution in [0.3, 0.4) is 0 Å². The first-order valence-corrected chi connectivity index (χ1v) is 12.8. The normalized spacial score (nSPS) is 16.6. The van der Waals surface area contributed by atoms with Gasteiger partial charge in [-0.2, -0.15) is 0 Å². The van der Waals surface area contributed by atoms with Crippen molar-refractivity contribution < 1.29 is 4.79 Å². The summed E-state index contributed by atoms with van der Waals surface area (Å²) >= 11 is 0. The smallest absolute Gasteiger partial charge is 0.227 e. The van der Waals surface area contributed by atoms with E-state index in [9.17, 15) is 4.79 Å². The maximum Gasteiger partial charge on any atom is 0.227 e. The Morgan fingerprint density at radius 1 is 0.824 bits per heavy atom. The van der Waals surface area contributed by atoms with Crippen LogP contribution in [0.5, 0.6) is 0 Å². The fourth-order valence-corrected chi connectivity index (χ4v) is 5.04. The second-order valence-electron chi connectivity index (χ2n) is 9.69. The number of carbonyl (C=O) groups is 1. The Bertz CT molecular complexity index is 1020. The molecule has 1 saturated heterocycles. The third-order valence-corrected chi connectivity index (χ3v) is 7.19. The molecular weight excluding hydrogens is 418 g/mol. The van der Waals surface area contributed by atoms with Gasteiger partial charge in [0.25, 0.3) is 0 Å². The highest BCUT2D eigenvalue weighted by Gasteiger charge is 2.29. The summed E-state index contributed by atoms with van der Waals surface area (Å²) in [5.74, 6) is 0.821. The van der Waals surface area contributed by atoms with Crippen molar-refractivity contribution in [2.75, 3.05) is 29.9 Å². The van der Waals surface area contributed by atoms with Crippen LogP contribution in [0.1, 0.15) is 49.1 Å². The van der Waals surface area contributed by atoms with Crippen molar-refractivity contribution in [2.45, 2.75) is 44.1 Å². The van der Waals surface area contributed by atoms with Gasteiger partial charge in [-0.15, -0.1) is 0 Å². The Morgan fingerprint density at radius 3 is 2.09 bits per heavy atom. The van der Waals surface area contributed by atoms with Gasteiger partial charge in [-0.05, 0) is 68.0 Å². The summed E-state index contributed by atoms with van der Waals surface area (Å²) in [7, 11) is 0. The molecule has 1 saturated carbocycles. The van der Waals surface area contributed by atoms with E-state index in [1.54, 1.807) is 0 Å². The molecule has 0 bridgehead atoms. The zero-order valence-corrected chi connectivity index (χ0v) is 19.8. The van der Waals surface area contributed by atoms with Crippen molar-refractivity contribution in [3.05, 3.63) is 96.1 Å². The largest absolute Gasteiger partial charge is 0.371 e. The molecule has 1 amide bonds. The van der Waals surface area contributed by atoms with E-state index in [2.05, 4.69) is 94.4 Å². The molecule has 0 atom stereocenters. The zero-order valence-electron chi connectivity index (χ0n) is 19.8. The molecule has 0 spiro atoms. The molecule has 4 heteroatoms. The highest BCUT2D eigenvalue weighted by molar-refractivity contribution is 5.94. The van der Waals surface area contributed by atoms with Crippen LogP contribution in [0.25, 0.3) is 0 Å². The van der Waals surface area contributed by atoms with E-state index >= 15 is 0 Å². The second kappa shape index (κ2) is 10.9. The molecule has 0 unspecified atom stereocenters. The number of rotatable bonds is 9. The van der Waals surface area contributed by atoms with Gasteiger partial charge >= 0.3 is 0 Å². The highest BCUT2D eigenvalue weighted by Crippen LogP contribution is 2.31. The van der Waals surface area contributed by atoms with Crippen LogP contribution in [0.15, 0.2) is 84.9 Å². The van der Waals surface area contributed by atoms with Crippen molar-refractivity contribution in [3.8, 4) is 0 Å². The van der Waals surface area contributed by atoms with E-state index in [1.165, 1.54) is 16.8 Å². The number of nitrogens with one attached hydrogen (secondary N) is 2. The van der Waals surface area contributed by atoms with Gasteiger partial charge in [-0.3, -0.25) is 4.79 Å². The molecule has 3 aromatic rings. The summed E-state index contributed by atoms with van der Waals surface area (Å²) in [5.41, 5.74) is 4.90. The summed E-state index contributed by atoms with van der Waals surface area (Å²) in [4.78, 5) is 14.5. The van der Waals surface area contributed by atoms with Gasteiger partial charge in [-0.1, -0.05) is 66.7 Å². The van der Waals surface area contributed by atoms with Gasteiger partial charge < -0.3 is 15.5 Å². The van der Waals surface area contributed by atoms with E-state index in [1.807, 2.05) is 6.07 Å². The first-order valence-electron chi connectivity index (χ1n) is 12.8. The monoisotopic (exact) mass is 453 g/mol. The van der Waals surface area contributed by atoms with Crippen molar-refractivity contribution in [1.82, 2.24) is 5.32 Å². The highest BCUT2D eigenvalue weighted by atomic mass is 16.2. The number of hydrogen-bond acceptors (Lipinski definition) is 3. The summed E-state index contributed by atoms with van der Waals surface area (Å²) in [6, 6.07) is 30.6. The van der Waals surface area contributed by atoms with Crippen LogP contribution >= 0.6 is 0 Å². The van der Waals surface area contributed by atoms with Gasteiger partial charge in [0.05, 0.1) is 0 Å². The molecule has 0 radical (unpaired) electrons. The molecule has 4 nitrogen and oxygen atoms in total. The molecule has 176 valence electrons. The van der Waals surface area contributed by atoms with Crippen LogP contribution in [0.2, 0.25) is 0 Å². The second-order valence-corrected chi connectivity index (χ2v) is 9.69. The molecule has 34 heavy (non-hydrogen) atoms. The van der Waals surface area contributed by atoms with Gasteiger partial charge in [0.15, 0.2) is 0 Å². The molecule has 3 aromatic carbocycles. The van der Waals surface area contributed by atoms with Crippen LogP contribution in [0, 0.1) is 5.92 Å². The van der Waals surface area contributed by atoms with Crippen molar-refractivity contribution >= 4 is 17.3 Å². The fourth-order valence-electron chi connectivity index (χ4n) is 5.04. The van der Waals surface area contributed by atoms with Crippen LogP contribution in [-0.2, 0) is 4.79 Å². The van der Waals surface area contributed by atoms with Crippen molar-refractivity contribution in [2.24, 2.45) is 5.92 Å². The van der Waals surface area contributed by atoms with Crippen molar-refractivity contribution in [3.63, 3.8) is 0 Å². The third kappa shape index (κ3) is 5.87. The topological polar surface area (TPSA) is 44.4 Å². The van der Waals surface area contributed by atoms with E-state index in [0.29, 0.717) is 12.0 Å². The molecule has 1 aliphatic heterocycles. The molecule has 2 fully saturated rings. The summed E-state index contributed by atoms with van der Waals surface area (Å²) in [6.07, 6.45) is 5.43. The SMILES string of the molecule is O=C(Nc1cccc(N2CCC(NCCC(c3ccccc3)c3ccccc3)CC2)c1)C1CC1. The minimum Gasteiger partial charge on any atom is -0.371 e. The van der Waals surface area contributed by atoms with Gasteiger partial charge in [0, 0.05) is 42.3 Å². The Labute approximate surface area is 203 Å². The van der Waals surface area contributed by atoms with Crippen LogP contribution < -0.4 is 15.5 Å². The van der Waals surface area contributed by atoms with Gasteiger partial charge in [0.1, 0.15) is 0 Å². The molecule has 1 aliphatic carbocycles. The van der Waals surface area contributed by atoms with Gasteiger partial charge in [-0.25, -0.2) is 0 Å². The van der Waals surface area contributed by atoms with E-state index in [0.717, 1.165) is 57.4 Å². The lowest BCUT2D eigenvalue weighted by atomic mass is 9.88. The summed E-state index contributed by atoms with van der Waals surface area (Å²) in [5, 5.41) is 6.92. The quantitative estimate of drug-likeness (QED) is 0.429. The number of anilines is 2. The Balaban J connectivity index is 1.12. The predicted molar refractivity (Wildman–Crippen MR) is 140 cm³/mol. The molecule has 1 heterocycles. The van der Waals surface area contributed by atoms with E-state index < -0.39 is 0 Å². The van der Waals surface area contributed by atoms with Crippen molar-refractivity contribution in [1.29, 1.82) is 0 Å². The summed E-state index contributed by atoms with van der Waals surface area (Å²) < 4.78 is 0. The third-order valence-electron chi connectivity index (χ3n) is 7.19. The molecule has 5 rings (SSSR count). The Hall–Kier alpha value is -3.11.